The molecule has 2 aromatic carbocycles. The van der Waals surface area contributed by atoms with E-state index in [1.165, 1.54) is 0 Å². The van der Waals surface area contributed by atoms with Crippen LogP contribution in [0, 0.1) is 0 Å². The Morgan fingerprint density at radius 1 is 1.14 bits per heavy atom. The smallest absolute Gasteiger partial charge is 0.338 e. The van der Waals surface area contributed by atoms with Crippen molar-refractivity contribution in [1.29, 1.82) is 0 Å². The minimum atomic E-state index is -0.519. The maximum atomic E-state index is 12.4. The number of carbonyl (C=O) groups excluding carboxylic acids is 1. The SMILES string of the molecule is CCn1nnc2cc(C(=O)OCc3nc(N)nc(Nc4ccccc4)n3)ccc21. The molecule has 10 nitrogen and oxygen atoms in total. The molecule has 0 unspecified atom stereocenters. The Morgan fingerprint density at radius 2 is 1.97 bits per heavy atom. The van der Waals surface area contributed by atoms with Gasteiger partial charge >= 0.3 is 5.97 Å². The maximum absolute atomic E-state index is 12.4. The number of rotatable bonds is 6. The van der Waals surface area contributed by atoms with Crippen LogP contribution in [0.4, 0.5) is 17.6 Å². The number of nitrogens with two attached hydrogens (primary N) is 1. The normalized spacial score (nSPS) is 10.8. The second-order valence-electron chi connectivity index (χ2n) is 6.11. The number of carbonyl (C=O) groups is 1. The lowest BCUT2D eigenvalue weighted by Gasteiger charge is -2.08. The third-order valence-corrected chi connectivity index (χ3v) is 4.11. The van der Waals surface area contributed by atoms with E-state index >= 15 is 0 Å². The number of ether oxygens (including phenoxy) is 1. The van der Waals surface area contributed by atoms with E-state index in [9.17, 15) is 4.79 Å². The van der Waals surface area contributed by atoms with E-state index < -0.39 is 5.97 Å². The van der Waals surface area contributed by atoms with Crippen molar-refractivity contribution in [2.75, 3.05) is 11.1 Å². The fourth-order valence-electron chi connectivity index (χ4n) is 2.76. The van der Waals surface area contributed by atoms with E-state index in [0.717, 1.165) is 11.2 Å². The predicted octanol–water partition coefficient (Wildman–Crippen LogP) is 2.32. The van der Waals surface area contributed by atoms with E-state index in [1.54, 1.807) is 22.9 Å². The molecule has 4 aromatic rings. The molecule has 0 radical (unpaired) electrons. The summed E-state index contributed by atoms with van der Waals surface area (Å²) in [5, 5.41) is 11.1. The van der Waals surface area contributed by atoms with E-state index in [0.29, 0.717) is 17.6 Å². The molecule has 2 heterocycles. The van der Waals surface area contributed by atoms with Crippen molar-refractivity contribution in [3.05, 3.63) is 59.9 Å². The molecular formula is C19H18N8O2. The first-order valence-electron chi connectivity index (χ1n) is 8.95. The van der Waals surface area contributed by atoms with E-state index in [2.05, 4.69) is 30.6 Å². The van der Waals surface area contributed by atoms with Crippen LogP contribution in [-0.4, -0.2) is 35.9 Å². The Kier molecular flexibility index (Phi) is 4.97. The number of nitrogens with zero attached hydrogens (tertiary/aromatic N) is 6. The van der Waals surface area contributed by atoms with Crippen LogP contribution in [0.1, 0.15) is 23.1 Å². The van der Waals surface area contributed by atoms with Crippen molar-refractivity contribution in [2.45, 2.75) is 20.1 Å². The number of aryl methyl sites for hydroxylation is 1. The van der Waals surface area contributed by atoms with Gasteiger partial charge in [-0.1, -0.05) is 23.4 Å². The van der Waals surface area contributed by atoms with Gasteiger partial charge in [-0.15, -0.1) is 5.10 Å². The molecule has 0 fully saturated rings. The van der Waals surface area contributed by atoms with Crippen LogP contribution >= 0.6 is 0 Å². The molecular weight excluding hydrogens is 372 g/mol. The first-order chi connectivity index (χ1) is 14.1. The largest absolute Gasteiger partial charge is 0.454 e. The second-order valence-corrected chi connectivity index (χ2v) is 6.11. The van der Waals surface area contributed by atoms with Gasteiger partial charge in [0, 0.05) is 12.2 Å². The average molecular weight is 390 g/mol. The van der Waals surface area contributed by atoms with Crippen molar-refractivity contribution in [1.82, 2.24) is 29.9 Å². The molecule has 0 amide bonds. The van der Waals surface area contributed by atoms with Crippen molar-refractivity contribution in [2.24, 2.45) is 0 Å². The Morgan fingerprint density at radius 3 is 2.76 bits per heavy atom. The molecule has 0 spiro atoms. The molecule has 0 bridgehead atoms. The summed E-state index contributed by atoms with van der Waals surface area (Å²) in [6.45, 7) is 2.52. The molecule has 0 atom stereocenters. The lowest BCUT2D eigenvalue weighted by molar-refractivity contribution is 0.0462. The quantitative estimate of drug-likeness (QED) is 0.476. The number of esters is 1. The van der Waals surface area contributed by atoms with Crippen molar-refractivity contribution in [3.8, 4) is 0 Å². The summed E-state index contributed by atoms with van der Waals surface area (Å²) in [5.41, 5.74) is 8.39. The van der Waals surface area contributed by atoms with Crippen molar-refractivity contribution >= 4 is 34.6 Å². The predicted molar refractivity (Wildman–Crippen MR) is 106 cm³/mol. The molecule has 0 aliphatic rings. The van der Waals surface area contributed by atoms with Crippen molar-refractivity contribution < 1.29 is 9.53 Å². The summed E-state index contributed by atoms with van der Waals surface area (Å²) in [6, 6.07) is 14.5. The third kappa shape index (κ3) is 4.10. The minimum Gasteiger partial charge on any atom is -0.454 e. The highest BCUT2D eigenvalue weighted by Crippen LogP contribution is 2.16. The van der Waals surface area contributed by atoms with Crippen LogP contribution in [-0.2, 0) is 17.9 Å². The number of hydrogen-bond acceptors (Lipinski definition) is 9. The van der Waals surface area contributed by atoms with Crippen LogP contribution in [0.5, 0.6) is 0 Å². The van der Waals surface area contributed by atoms with Crippen molar-refractivity contribution in [3.63, 3.8) is 0 Å². The fourth-order valence-corrected chi connectivity index (χ4v) is 2.76. The first kappa shape index (κ1) is 18.3. The maximum Gasteiger partial charge on any atom is 0.338 e. The topological polar surface area (TPSA) is 134 Å². The Balaban J connectivity index is 1.46. The Hall–Kier alpha value is -4.08. The number of hydrogen-bond donors (Lipinski definition) is 2. The summed E-state index contributed by atoms with van der Waals surface area (Å²) < 4.78 is 7.08. The number of para-hydroxylation sites is 1. The lowest BCUT2D eigenvalue weighted by Crippen LogP contribution is -2.11. The van der Waals surface area contributed by atoms with E-state index in [-0.39, 0.29) is 24.3 Å². The number of nitrogens with one attached hydrogen (secondary N) is 1. The van der Waals surface area contributed by atoms with Gasteiger partial charge in [0.25, 0.3) is 0 Å². The number of nitrogen functional groups attached to an aromatic ring is 1. The average Bonchev–Trinajstić information content (AvgIpc) is 3.14. The number of benzene rings is 2. The van der Waals surface area contributed by atoms with Gasteiger partial charge in [0.15, 0.2) is 12.4 Å². The molecule has 0 aliphatic heterocycles. The second kappa shape index (κ2) is 7.89. The van der Waals surface area contributed by atoms with E-state index in [4.69, 9.17) is 10.5 Å². The molecule has 29 heavy (non-hydrogen) atoms. The van der Waals surface area contributed by atoms with Gasteiger partial charge in [-0.05, 0) is 37.3 Å². The van der Waals surface area contributed by atoms with E-state index in [1.807, 2.05) is 37.3 Å². The minimum absolute atomic E-state index is 0.0297. The third-order valence-electron chi connectivity index (χ3n) is 4.11. The highest BCUT2D eigenvalue weighted by atomic mass is 16.5. The summed E-state index contributed by atoms with van der Waals surface area (Å²) in [4.78, 5) is 24.7. The summed E-state index contributed by atoms with van der Waals surface area (Å²) in [6.07, 6.45) is 0. The highest BCUT2D eigenvalue weighted by Gasteiger charge is 2.13. The Bertz CT molecular complexity index is 1160. The molecule has 4 rings (SSSR count). The summed E-state index contributed by atoms with van der Waals surface area (Å²) >= 11 is 0. The zero-order chi connectivity index (χ0) is 20.2. The van der Waals surface area contributed by atoms with Gasteiger partial charge in [0.2, 0.25) is 11.9 Å². The van der Waals surface area contributed by atoms with Crippen LogP contribution in [0.15, 0.2) is 48.5 Å². The molecule has 0 aliphatic carbocycles. The van der Waals surface area contributed by atoms with Gasteiger partial charge in [-0.3, -0.25) is 0 Å². The van der Waals surface area contributed by atoms with Crippen LogP contribution in [0.3, 0.4) is 0 Å². The molecule has 0 saturated carbocycles. The van der Waals surface area contributed by atoms with Gasteiger partial charge in [-0.25, -0.2) is 9.48 Å². The number of fused-ring (bicyclic) bond motifs is 1. The molecule has 146 valence electrons. The summed E-state index contributed by atoms with van der Waals surface area (Å²) in [7, 11) is 0. The number of anilines is 3. The zero-order valence-electron chi connectivity index (χ0n) is 15.6. The van der Waals surface area contributed by atoms with Gasteiger partial charge in [0.1, 0.15) is 5.52 Å². The molecule has 2 aromatic heterocycles. The monoisotopic (exact) mass is 390 g/mol. The highest BCUT2D eigenvalue weighted by molar-refractivity contribution is 5.93. The zero-order valence-corrected chi connectivity index (χ0v) is 15.6. The van der Waals surface area contributed by atoms with Gasteiger partial charge in [0.05, 0.1) is 11.1 Å². The van der Waals surface area contributed by atoms with Crippen LogP contribution in [0.25, 0.3) is 11.0 Å². The standard InChI is InChI=1S/C19H18N8O2/c1-2-27-15-9-8-12(10-14(15)25-26-27)17(28)29-11-16-22-18(20)24-19(23-16)21-13-6-4-3-5-7-13/h3-10H,2,11H2,1H3,(H3,20,21,22,23,24). The fraction of sp³-hybridized carbons (Fsp3) is 0.158. The lowest BCUT2D eigenvalue weighted by atomic mass is 10.2. The summed E-state index contributed by atoms with van der Waals surface area (Å²) in [5.74, 6) is 0.0196. The van der Waals surface area contributed by atoms with Gasteiger partial charge < -0.3 is 15.8 Å². The Labute approximate surface area is 165 Å². The first-order valence-corrected chi connectivity index (χ1v) is 8.95. The number of aromatic nitrogens is 6. The molecule has 0 saturated heterocycles. The van der Waals surface area contributed by atoms with Crippen LogP contribution in [0.2, 0.25) is 0 Å². The van der Waals surface area contributed by atoms with Crippen LogP contribution < -0.4 is 11.1 Å². The molecule has 10 heteroatoms. The molecule has 3 N–H and O–H groups in total. The van der Waals surface area contributed by atoms with Gasteiger partial charge in [-0.2, -0.15) is 15.0 Å².